The van der Waals surface area contributed by atoms with Crippen molar-refractivity contribution in [3.63, 3.8) is 0 Å². The highest BCUT2D eigenvalue weighted by Gasteiger charge is 2.51. The van der Waals surface area contributed by atoms with Gasteiger partial charge in [0.25, 0.3) is 5.91 Å². The van der Waals surface area contributed by atoms with Gasteiger partial charge in [-0.05, 0) is 48.2 Å². The van der Waals surface area contributed by atoms with E-state index in [0.29, 0.717) is 17.7 Å². The predicted octanol–water partition coefficient (Wildman–Crippen LogP) is 3.62. The summed E-state index contributed by atoms with van der Waals surface area (Å²) in [5.74, 6) is -0.0180. The molecule has 3 amide bonds. The Kier molecular flexibility index (Phi) is 5.44. The van der Waals surface area contributed by atoms with E-state index in [2.05, 4.69) is 12.2 Å². The van der Waals surface area contributed by atoms with Crippen molar-refractivity contribution in [3.05, 3.63) is 65.5 Å². The first-order chi connectivity index (χ1) is 13.0. The van der Waals surface area contributed by atoms with Crippen LogP contribution in [0.15, 0.2) is 48.5 Å². The lowest BCUT2D eigenvalue weighted by Crippen LogP contribution is -2.43. The summed E-state index contributed by atoms with van der Waals surface area (Å²) in [6, 6.07) is 12.9. The smallest absolute Gasteiger partial charge is 0.325 e. The van der Waals surface area contributed by atoms with Crippen LogP contribution in [-0.2, 0) is 16.8 Å². The van der Waals surface area contributed by atoms with E-state index in [-0.39, 0.29) is 24.9 Å². The maximum atomic E-state index is 13.2. The monoisotopic (exact) mass is 370 g/mol. The van der Waals surface area contributed by atoms with Crippen LogP contribution in [-0.4, -0.2) is 30.0 Å². The molecule has 1 aliphatic heterocycles. The van der Waals surface area contributed by atoms with E-state index in [4.69, 9.17) is 4.74 Å². The number of nitrogens with one attached hydrogen (secondary N) is 1. The Bertz CT molecular complexity index is 838. The second kappa shape index (κ2) is 7.78. The Morgan fingerprint density at radius 3 is 2.52 bits per heavy atom. The number of amides is 3. The van der Waals surface area contributed by atoms with Gasteiger partial charge in [-0.2, -0.15) is 0 Å². The molecule has 1 saturated heterocycles. The molecule has 2 aromatic rings. The van der Waals surface area contributed by atoms with Crippen molar-refractivity contribution in [2.24, 2.45) is 0 Å². The molecule has 0 aromatic heterocycles. The van der Waals surface area contributed by atoms with Crippen LogP contribution >= 0.6 is 0 Å². The van der Waals surface area contributed by atoms with E-state index in [9.17, 15) is 14.0 Å². The van der Waals surface area contributed by atoms with Crippen LogP contribution in [0.1, 0.15) is 31.4 Å². The fraction of sp³-hybridized carbons (Fsp3) is 0.333. The number of aryl methyl sites for hydroxylation is 1. The summed E-state index contributed by atoms with van der Waals surface area (Å²) >= 11 is 0. The van der Waals surface area contributed by atoms with Gasteiger partial charge < -0.3 is 10.1 Å². The van der Waals surface area contributed by atoms with Crippen molar-refractivity contribution in [2.75, 3.05) is 13.2 Å². The lowest BCUT2D eigenvalue weighted by Gasteiger charge is -2.25. The molecule has 0 aliphatic carbocycles. The van der Waals surface area contributed by atoms with Crippen molar-refractivity contribution in [1.82, 2.24) is 10.2 Å². The van der Waals surface area contributed by atoms with Gasteiger partial charge in [-0.25, -0.2) is 9.18 Å². The normalized spacial score (nSPS) is 19.3. The summed E-state index contributed by atoms with van der Waals surface area (Å²) in [4.78, 5) is 26.6. The highest BCUT2D eigenvalue weighted by atomic mass is 19.1. The average molecular weight is 370 g/mol. The Morgan fingerprint density at radius 1 is 1.11 bits per heavy atom. The zero-order valence-corrected chi connectivity index (χ0v) is 15.5. The fourth-order valence-corrected chi connectivity index (χ4v) is 3.31. The average Bonchev–Trinajstić information content (AvgIpc) is 2.93. The maximum Gasteiger partial charge on any atom is 0.325 e. The number of carbonyl (C=O) groups excluding carboxylic acids is 2. The molecule has 1 unspecified atom stereocenters. The van der Waals surface area contributed by atoms with E-state index in [0.717, 1.165) is 16.9 Å². The molecular weight excluding hydrogens is 347 g/mol. The molecule has 1 atom stereocenters. The summed E-state index contributed by atoms with van der Waals surface area (Å²) in [7, 11) is 0. The molecule has 3 rings (SSSR count). The van der Waals surface area contributed by atoms with Gasteiger partial charge in [0.15, 0.2) is 0 Å². The highest BCUT2D eigenvalue weighted by molar-refractivity contribution is 6.07. The van der Waals surface area contributed by atoms with E-state index in [1.165, 1.54) is 24.3 Å². The largest absolute Gasteiger partial charge is 0.492 e. The number of rotatable bonds is 7. The molecule has 1 heterocycles. The minimum atomic E-state index is -1.16. The zero-order chi connectivity index (χ0) is 19.4. The van der Waals surface area contributed by atoms with Gasteiger partial charge >= 0.3 is 6.03 Å². The van der Waals surface area contributed by atoms with E-state index < -0.39 is 11.6 Å². The van der Waals surface area contributed by atoms with E-state index in [1.807, 2.05) is 31.2 Å². The lowest BCUT2D eigenvalue weighted by molar-refractivity contribution is -0.132. The molecule has 142 valence electrons. The quantitative estimate of drug-likeness (QED) is 0.758. The second-order valence-corrected chi connectivity index (χ2v) is 6.50. The van der Waals surface area contributed by atoms with Gasteiger partial charge in [0, 0.05) is 0 Å². The number of ether oxygens (including phenoxy) is 1. The van der Waals surface area contributed by atoms with Crippen molar-refractivity contribution in [2.45, 2.75) is 32.2 Å². The molecule has 6 heteroatoms. The van der Waals surface area contributed by atoms with E-state index in [1.54, 1.807) is 0 Å². The molecule has 1 fully saturated rings. The molecule has 0 spiro atoms. The third-order valence-electron chi connectivity index (χ3n) is 4.93. The number of halogens is 1. The number of carbonyl (C=O) groups is 2. The first-order valence-corrected chi connectivity index (χ1v) is 9.12. The number of hydrogen-bond donors (Lipinski definition) is 1. The molecule has 5 nitrogen and oxygen atoms in total. The van der Waals surface area contributed by atoms with Crippen molar-refractivity contribution < 1.29 is 18.7 Å². The third-order valence-corrected chi connectivity index (χ3v) is 4.93. The molecule has 1 aliphatic rings. The third kappa shape index (κ3) is 3.65. The van der Waals surface area contributed by atoms with Gasteiger partial charge in [0.1, 0.15) is 23.7 Å². The number of imide groups is 1. The van der Waals surface area contributed by atoms with Crippen LogP contribution in [0.3, 0.4) is 0 Å². The molecule has 2 aromatic carbocycles. The van der Waals surface area contributed by atoms with E-state index >= 15 is 0 Å². The Hall–Kier alpha value is -2.89. The summed E-state index contributed by atoms with van der Waals surface area (Å²) in [6.07, 6.45) is 1.28. The maximum absolute atomic E-state index is 13.2. The number of nitrogens with zero attached hydrogens (tertiary/aromatic N) is 1. The van der Waals surface area contributed by atoms with Gasteiger partial charge in [-0.3, -0.25) is 9.69 Å². The minimum absolute atomic E-state index is 0.143. The Labute approximate surface area is 158 Å². The van der Waals surface area contributed by atoms with Gasteiger partial charge in [-0.15, -0.1) is 0 Å². The number of benzene rings is 2. The minimum Gasteiger partial charge on any atom is -0.492 e. The molecule has 27 heavy (non-hydrogen) atoms. The fourth-order valence-electron chi connectivity index (χ4n) is 3.31. The van der Waals surface area contributed by atoms with Gasteiger partial charge in [0.05, 0.1) is 6.54 Å². The van der Waals surface area contributed by atoms with Gasteiger partial charge in [-0.1, -0.05) is 38.1 Å². The molecular formula is C21H23FN2O3. The molecule has 0 saturated carbocycles. The number of urea groups is 1. The summed E-state index contributed by atoms with van der Waals surface area (Å²) in [6.45, 7) is 4.23. The highest BCUT2D eigenvalue weighted by Crippen LogP contribution is 2.32. The Balaban J connectivity index is 1.70. The second-order valence-electron chi connectivity index (χ2n) is 6.50. The molecule has 1 N–H and O–H groups in total. The van der Waals surface area contributed by atoms with Crippen LogP contribution in [0.2, 0.25) is 0 Å². The first kappa shape index (κ1) is 18.9. The van der Waals surface area contributed by atoms with Crippen LogP contribution in [0.5, 0.6) is 5.75 Å². The lowest BCUT2D eigenvalue weighted by atomic mass is 9.87. The van der Waals surface area contributed by atoms with Crippen LogP contribution in [0.25, 0.3) is 0 Å². The first-order valence-electron chi connectivity index (χ1n) is 9.12. The van der Waals surface area contributed by atoms with Crippen molar-refractivity contribution in [1.29, 1.82) is 0 Å². The SMILES string of the molecule is CCc1cccc(OCCN2C(=O)NC(CC)(c3ccc(F)cc3)C2=O)c1. The van der Waals surface area contributed by atoms with Crippen LogP contribution in [0, 0.1) is 5.82 Å². The van der Waals surface area contributed by atoms with Crippen molar-refractivity contribution >= 4 is 11.9 Å². The summed E-state index contributed by atoms with van der Waals surface area (Å²) in [5.41, 5.74) is 0.569. The molecule has 0 bridgehead atoms. The Morgan fingerprint density at radius 2 is 1.85 bits per heavy atom. The zero-order valence-electron chi connectivity index (χ0n) is 15.5. The standard InChI is InChI=1S/C21H23FN2O3/c1-3-15-6-5-7-18(14-15)27-13-12-24-19(25)21(4-2,23-20(24)26)16-8-10-17(22)11-9-16/h5-11,14H,3-4,12-13H2,1-2H3,(H,23,26). The van der Waals surface area contributed by atoms with Crippen LogP contribution in [0.4, 0.5) is 9.18 Å². The van der Waals surface area contributed by atoms with Crippen LogP contribution < -0.4 is 10.1 Å². The predicted molar refractivity (Wildman–Crippen MR) is 99.9 cm³/mol. The van der Waals surface area contributed by atoms with Crippen molar-refractivity contribution in [3.8, 4) is 5.75 Å². The summed E-state index contributed by atoms with van der Waals surface area (Å²) < 4.78 is 18.9. The molecule has 0 radical (unpaired) electrons. The topological polar surface area (TPSA) is 58.6 Å². The summed E-state index contributed by atoms with van der Waals surface area (Å²) in [5, 5.41) is 2.78. The number of hydrogen-bond acceptors (Lipinski definition) is 3. The van der Waals surface area contributed by atoms with Gasteiger partial charge in [0.2, 0.25) is 0 Å².